The molecule has 0 fully saturated rings. The molecule has 0 spiro atoms. The van der Waals surface area contributed by atoms with Gasteiger partial charge >= 0.3 is 0 Å². The second-order valence-corrected chi connectivity index (χ2v) is 7.10. The van der Waals surface area contributed by atoms with E-state index in [1.54, 1.807) is 73.8 Å². The van der Waals surface area contributed by atoms with Gasteiger partial charge in [0.2, 0.25) is 5.91 Å². The fraction of sp³-hybridized carbons (Fsp3) is 0.115. The number of amides is 3. The van der Waals surface area contributed by atoms with Gasteiger partial charge in [-0.05, 0) is 35.9 Å². The molecule has 8 nitrogen and oxygen atoms in total. The van der Waals surface area contributed by atoms with E-state index in [-0.39, 0.29) is 11.8 Å². The van der Waals surface area contributed by atoms with Crippen LogP contribution in [0.4, 0.5) is 11.4 Å². The van der Waals surface area contributed by atoms with Crippen LogP contribution in [0.5, 0.6) is 11.5 Å². The van der Waals surface area contributed by atoms with Gasteiger partial charge in [-0.3, -0.25) is 14.4 Å². The van der Waals surface area contributed by atoms with Crippen LogP contribution in [0.25, 0.3) is 6.08 Å². The van der Waals surface area contributed by atoms with E-state index in [4.69, 9.17) is 9.47 Å². The minimum absolute atomic E-state index is 0.183. The third-order valence-electron chi connectivity index (χ3n) is 4.89. The maximum absolute atomic E-state index is 12.5. The van der Waals surface area contributed by atoms with Gasteiger partial charge in [0.15, 0.2) is 0 Å². The molecule has 3 amide bonds. The molecule has 3 rings (SSSR count). The van der Waals surface area contributed by atoms with Gasteiger partial charge in [0, 0.05) is 36.4 Å². The molecule has 0 atom stereocenters. The lowest BCUT2D eigenvalue weighted by molar-refractivity contribution is -0.111. The standard InChI is InChI=1S/C26H25N3O5/c1-27-25(31)19-12-9-17(10-13-19)11-14-24(30)28-20-15-23(34-3)21(16-22(20)33-2)29-26(32)18-7-5-4-6-8-18/h4-16H,1-3H3,(H,27,31)(H,28,30)(H,29,32)/b14-11+. The molecule has 0 aliphatic carbocycles. The number of carbonyl (C=O) groups excluding carboxylic acids is 3. The van der Waals surface area contributed by atoms with Crippen LogP contribution in [0.15, 0.2) is 72.8 Å². The zero-order valence-corrected chi connectivity index (χ0v) is 19.0. The van der Waals surface area contributed by atoms with Gasteiger partial charge in [-0.15, -0.1) is 0 Å². The highest BCUT2D eigenvalue weighted by Crippen LogP contribution is 2.36. The van der Waals surface area contributed by atoms with Crippen LogP contribution in [0.3, 0.4) is 0 Å². The fourth-order valence-corrected chi connectivity index (χ4v) is 3.11. The van der Waals surface area contributed by atoms with Crippen LogP contribution in [0.1, 0.15) is 26.3 Å². The summed E-state index contributed by atoms with van der Waals surface area (Å²) in [5.41, 5.74) is 2.56. The van der Waals surface area contributed by atoms with E-state index in [9.17, 15) is 14.4 Å². The van der Waals surface area contributed by atoms with E-state index < -0.39 is 5.91 Å². The Morgan fingerprint density at radius 2 is 1.29 bits per heavy atom. The third-order valence-corrected chi connectivity index (χ3v) is 4.89. The summed E-state index contributed by atoms with van der Waals surface area (Å²) in [5, 5.41) is 8.10. The molecule has 3 N–H and O–H groups in total. The third kappa shape index (κ3) is 6.01. The SMILES string of the molecule is CNC(=O)c1ccc(/C=C/C(=O)Nc2cc(OC)c(NC(=O)c3ccccc3)cc2OC)cc1. The fourth-order valence-electron chi connectivity index (χ4n) is 3.11. The number of anilines is 2. The Kier molecular flexibility index (Phi) is 8.02. The Labute approximate surface area is 197 Å². The van der Waals surface area contributed by atoms with E-state index in [1.807, 2.05) is 6.07 Å². The van der Waals surface area contributed by atoms with E-state index in [2.05, 4.69) is 16.0 Å². The van der Waals surface area contributed by atoms with Crippen molar-refractivity contribution >= 4 is 35.2 Å². The summed E-state index contributed by atoms with van der Waals surface area (Å²) in [4.78, 5) is 36.6. The largest absolute Gasteiger partial charge is 0.494 e. The molecule has 0 aromatic heterocycles. The molecule has 3 aromatic carbocycles. The Balaban J connectivity index is 1.74. The highest BCUT2D eigenvalue weighted by Gasteiger charge is 2.15. The predicted octanol–water partition coefficient (Wildman–Crippen LogP) is 3.97. The van der Waals surface area contributed by atoms with Gasteiger partial charge in [-0.25, -0.2) is 0 Å². The number of benzene rings is 3. The van der Waals surface area contributed by atoms with E-state index in [0.717, 1.165) is 5.56 Å². The molecule has 3 aromatic rings. The van der Waals surface area contributed by atoms with Gasteiger partial charge in [-0.2, -0.15) is 0 Å². The number of hydrogen-bond acceptors (Lipinski definition) is 5. The Morgan fingerprint density at radius 1 is 0.735 bits per heavy atom. The highest BCUT2D eigenvalue weighted by molar-refractivity contribution is 6.06. The van der Waals surface area contributed by atoms with Gasteiger partial charge < -0.3 is 25.4 Å². The minimum atomic E-state index is -0.392. The lowest BCUT2D eigenvalue weighted by Crippen LogP contribution is -2.17. The summed E-state index contributed by atoms with van der Waals surface area (Å²) in [6.45, 7) is 0. The summed E-state index contributed by atoms with van der Waals surface area (Å²) in [5.74, 6) is -0.173. The van der Waals surface area contributed by atoms with Gasteiger partial charge in [0.1, 0.15) is 11.5 Å². The van der Waals surface area contributed by atoms with Crippen LogP contribution in [-0.4, -0.2) is 39.0 Å². The molecule has 0 radical (unpaired) electrons. The molecule has 0 saturated heterocycles. The molecule has 0 aliphatic heterocycles. The van der Waals surface area contributed by atoms with Crippen molar-refractivity contribution in [2.24, 2.45) is 0 Å². The summed E-state index contributed by atoms with van der Waals surface area (Å²) in [6, 6.07) is 18.7. The molecule has 0 saturated carbocycles. The molecular weight excluding hydrogens is 434 g/mol. The predicted molar refractivity (Wildman–Crippen MR) is 131 cm³/mol. The quantitative estimate of drug-likeness (QED) is 0.442. The van der Waals surface area contributed by atoms with Crippen LogP contribution < -0.4 is 25.4 Å². The maximum atomic E-state index is 12.5. The number of carbonyl (C=O) groups is 3. The number of ether oxygens (including phenoxy) is 2. The molecule has 8 heteroatoms. The molecule has 0 aliphatic rings. The van der Waals surface area contributed by atoms with Crippen LogP contribution in [-0.2, 0) is 4.79 Å². The summed E-state index contributed by atoms with van der Waals surface area (Å²) in [7, 11) is 4.49. The van der Waals surface area contributed by atoms with Crippen molar-refractivity contribution in [2.45, 2.75) is 0 Å². The van der Waals surface area contributed by atoms with Crippen molar-refractivity contribution in [1.82, 2.24) is 5.32 Å². The average molecular weight is 460 g/mol. The summed E-state index contributed by atoms with van der Waals surface area (Å²) >= 11 is 0. The minimum Gasteiger partial charge on any atom is -0.494 e. The Hall–Kier alpha value is -4.59. The maximum Gasteiger partial charge on any atom is 0.255 e. The van der Waals surface area contributed by atoms with E-state index in [0.29, 0.717) is 34.0 Å². The van der Waals surface area contributed by atoms with Crippen molar-refractivity contribution in [1.29, 1.82) is 0 Å². The van der Waals surface area contributed by atoms with E-state index in [1.165, 1.54) is 20.3 Å². The molecule has 34 heavy (non-hydrogen) atoms. The Morgan fingerprint density at radius 3 is 1.85 bits per heavy atom. The van der Waals surface area contributed by atoms with Crippen LogP contribution in [0, 0.1) is 0 Å². The Bertz CT molecular complexity index is 1210. The van der Waals surface area contributed by atoms with Gasteiger partial charge in [0.25, 0.3) is 11.8 Å². The summed E-state index contributed by atoms with van der Waals surface area (Å²) in [6.07, 6.45) is 2.99. The molecule has 0 bridgehead atoms. The highest BCUT2D eigenvalue weighted by atomic mass is 16.5. The van der Waals surface area contributed by atoms with Crippen LogP contribution in [0.2, 0.25) is 0 Å². The van der Waals surface area contributed by atoms with Gasteiger partial charge in [-0.1, -0.05) is 30.3 Å². The molecule has 174 valence electrons. The zero-order valence-electron chi connectivity index (χ0n) is 19.0. The molecule has 0 unspecified atom stereocenters. The smallest absolute Gasteiger partial charge is 0.255 e. The normalized spacial score (nSPS) is 10.4. The molecular formula is C26H25N3O5. The molecule has 0 heterocycles. The van der Waals surface area contributed by atoms with Crippen molar-refractivity contribution < 1.29 is 23.9 Å². The second kappa shape index (κ2) is 11.3. The lowest BCUT2D eigenvalue weighted by atomic mass is 10.1. The van der Waals surface area contributed by atoms with Gasteiger partial charge in [0.05, 0.1) is 25.6 Å². The lowest BCUT2D eigenvalue weighted by Gasteiger charge is -2.16. The zero-order chi connectivity index (χ0) is 24.5. The number of hydrogen-bond donors (Lipinski definition) is 3. The van der Waals surface area contributed by atoms with Crippen molar-refractivity contribution in [2.75, 3.05) is 31.9 Å². The second-order valence-electron chi connectivity index (χ2n) is 7.10. The van der Waals surface area contributed by atoms with Crippen molar-refractivity contribution in [3.8, 4) is 11.5 Å². The monoisotopic (exact) mass is 459 g/mol. The van der Waals surface area contributed by atoms with E-state index >= 15 is 0 Å². The first-order valence-corrected chi connectivity index (χ1v) is 10.4. The van der Waals surface area contributed by atoms with Crippen molar-refractivity contribution in [3.05, 3.63) is 89.5 Å². The first-order valence-electron chi connectivity index (χ1n) is 10.4. The first kappa shape index (κ1) is 24.1. The van der Waals surface area contributed by atoms with Crippen LogP contribution >= 0.6 is 0 Å². The number of rotatable bonds is 8. The number of nitrogens with one attached hydrogen (secondary N) is 3. The number of methoxy groups -OCH3 is 2. The summed E-state index contributed by atoms with van der Waals surface area (Å²) < 4.78 is 10.8. The average Bonchev–Trinajstić information content (AvgIpc) is 2.88. The van der Waals surface area contributed by atoms with Crippen molar-refractivity contribution in [3.63, 3.8) is 0 Å². The first-order chi connectivity index (χ1) is 16.4. The topological polar surface area (TPSA) is 106 Å².